The van der Waals surface area contributed by atoms with Gasteiger partial charge in [0.1, 0.15) is 0 Å². The molecule has 0 rings (SSSR count). The van der Waals surface area contributed by atoms with Gasteiger partial charge in [-0.15, -0.1) is 11.6 Å². The Labute approximate surface area is 37.3 Å². The Bertz CT molecular complexity index is 14.4. The highest BCUT2D eigenvalue weighted by Crippen LogP contribution is 1.64. The van der Waals surface area contributed by atoms with Crippen molar-refractivity contribution in [2.24, 2.45) is 0 Å². The van der Waals surface area contributed by atoms with Gasteiger partial charge in [0.15, 0.2) is 0 Å². The summed E-state index contributed by atoms with van der Waals surface area (Å²) in [7, 11) is 1.88. The highest BCUT2D eigenvalue weighted by Gasteiger charge is 1.67. The van der Waals surface area contributed by atoms with Crippen molar-refractivity contribution in [1.29, 1.82) is 0 Å². The van der Waals surface area contributed by atoms with E-state index in [-0.39, 0.29) is 0 Å². The van der Waals surface area contributed by atoms with E-state index in [2.05, 4.69) is 5.32 Å². The zero-order valence-corrected chi connectivity index (χ0v) is 4.05. The normalized spacial score (nSPS) is 8.40. The molecule has 32 valence electrons. The Hall–Kier alpha value is 0.250. The predicted molar refractivity (Wildman–Crippen MR) is 24.6 cm³/mol. The molecule has 1 nitrogen and oxygen atoms in total. The summed E-state index contributed by atoms with van der Waals surface area (Å²) in [6, 6.07) is 0. The molecule has 0 aliphatic heterocycles. The highest BCUT2D eigenvalue weighted by molar-refractivity contribution is 6.18. The number of hydrogen-bond donors (Lipinski definition) is 1. The second-order valence-electron chi connectivity index (χ2n) is 0.793. The van der Waals surface area contributed by atoms with Crippen LogP contribution in [0.1, 0.15) is 0 Å². The Morgan fingerprint density at radius 3 is 2.40 bits per heavy atom. The third-order valence-corrected chi connectivity index (χ3v) is 0.533. The molecule has 0 unspecified atom stereocenters. The molecule has 0 atom stereocenters. The first-order valence-corrected chi connectivity index (χ1v) is 2.16. The molecular formula is C3H8ClN. The standard InChI is InChI=1S/C3H8ClN/c1-5-3-2-4/h5H,2-3H2,1H3. The van der Waals surface area contributed by atoms with Gasteiger partial charge in [0.2, 0.25) is 0 Å². The average Bonchev–Trinajstić information content (AvgIpc) is 1.41. The van der Waals surface area contributed by atoms with Crippen LogP contribution in [0.3, 0.4) is 0 Å². The SMILES string of the molecule is CNCCCl. The van der Waals surface area contributed by atoms with Crippen LogP contribution in [-0.4, -0.2) is 19.5 Å². The number of nitrogens with one attached hydrogen (secondary N) is 1. The molecule has 0 fully saturated rings. The molecule has 0 aliphatic carbocycles. The second-order valence-corrected chi connectivity index (χ2v) is 1.17. The maximum absolute atomic E-state index is 5.24. The molecule has 0 heterocycles. The topological polar surface area (TPSA) is 12.0 Å². The Balaban J connectivity index is 2.19. The van der Waals surface area contributed by atoms with Gasteiger partial charge >= 0.3 is 0 Å². The average molecular weight is 93.6 g/mol. The van der Waals surface area contributed by atoms with Crippen LogP contribution in [0.5, 0.6) is 0 Å². The molecule has 0 radical (unpaired) electrons. The van der Waals surface area contributed by atoms with Crippen molar-refractivity contribution in [1.82, 2.24) is 5.32 Å². The van der Waals surface area contributed by atoms with E-state index >= 15 is 0 Å². The van der Waals surface area contributed by atoms with Gasteiger partial charge in [-0.25, -0.2) is 0 Å². The minimum Gasteiger partial charge on any atom is -0.319 e. The first kappa shape index (κ1) is 5.25. The molecule has 0 aromatic heterocycles. The Morgan fingerprint density at radius 1 is 1.80 bits per heavy atom. The van der Waals surface area contributed by atoms with Gasteiger partial charge in [-0.05, 0) is 7.05 Å². The fourth-order valence-corrected chi connectivity index (χ4v) is 0.283. The van der Waals surface area contributed by atoms with Gasteiger partial charge in [-0.1, -0.05) is 0 Å². The van der Waals surface area contributed by atoms with Crippen LogP contribution in [0.25, 0.3) is 0 Å². The summed E-state index contributed by atoms with van der Waals surface area (Å²) < 4.78 is 0. The lowest BCUT2D eigenvalue weighted by Crippen LogP contribution is -2.07. The van der Waals surface area contributed by atoms with Crippen molar-refractivity contribution in [3.8, 4) is 0 Å². The van der Waals surface area contributed by atoms with Crippen LogP contribution in [0.2, 0.25) is 0 Å². The zero-order valence-electron chi connectivity index (χ0n) is 3.29. The van der Waals surface area contributed by atoms with E-state index in [0.717, 1.165) is 6.54 Å². The van der Waals surface area contributed by atoms with Gasteiger partial charge in [0.05, 0.1) is 0 Å². The number of alkyl halides is 1. The molecule has 5 heavy (non-hydrogen) atoms. The van der Waals surface area contributed by atoms with Crippen LogP contribution < -0.4 is 5.32 Å². The van der Waals surface area contributed by atoms with E-state index in [1.54, 1.807) is 0 Å². The minimum absolute atomic E-state index is 0.705. The third-order valence-electron chi connectivity index (χ3n) is 0.344. The Kier molecular flexibility index (Phi) is 4.46. The second kappa shape index (κ2) is 4.25. The summed E-state index contributed by atoms with van der Waals surface area (Å²) in [5.41, 5.74) is 0. The van der Waals surface area contributed by atoms with Crippen molar-refractivity contribution < 1.29 is 0 Å². The highest BCUT2D eigenvalue weighted by atomic mass is 35.5. The van der Waals surface area contributed by atoms with Crippen LogP contribution in [0, 0.1) is 0 Å². The third kappa shape index (κ3) is 4.25. The van der Waals surface area contributed by atoms with Gasteiger partial charge in [-0.3, -0.25) is 0 Å². The van der Waals surface area contributed by atoms with E-state index in [9.17, 15) is 0 Å². The van der Waals surface area contributed by atoms with E-state index < -0.39 is 0 Å². The van der Waals surface area contributed by atoms with Crippen LogP contribution in [-0.2, 0) is 0 Å². The van der Waals surface area contributed by atoms with E-state index in [1.807, 2.05) is 7.05 Å². The smallest absolute Gasteiger partial charge is 0.0348 e. The number of rotatable bonds is 2. The summed E-state index contributed by atoms with van der Waals surface area (Å²) in [6.45, 7) is 0.904. The lowest BCUT2D eigenvalue weighted by molar-refractivity contribution is 0.869. The van der Waals surface area contributed by atoms with Crippen molar-refractivity contribution in [3.05, 3.63) is 0 Å². The van der Waals surface area contributed by atoms with Crippen LogP contribution >= 0.6 is 11.6 Å². The molecule has 0 saturated heterocycles. The minimum atomic E-state index is 0.705. The molecule has 0 bridgehead atoms. The summed E-state index contributed by atoms with van der Waals surface area (Å²) >= 11 is 5.24. The van der Waals surface area contributed by atoms with Crippen molar-refractivity contribution >= 4 is 11.6 Å². The van der Waals surface area contributed by atoms with Crippen molar-refractivity contribution in [3.63, 3.8) is 0 Å². The molecule has 2 heteroatoms. The van der Waals surface area contributed by atoms with E-state index in [0.29, 0.717) is 5.88 Å². The molecule has 1 N–H and O–H groups in total. The Morgan fingerprint density at radius 2 is 2.40 bits per heavy atom. The fourth-order valence-electron chi connectivity index (χ4n) is 0.0945. The summed E-state index contributed by atoms with van der Waals surface area (Å²) in [5, 5.41) is 2.89. The number of halogens is 1. The predicted octanol–water partition coefficient (Wildman–Crippen LogP) is 0.445. The van der Waals surface area contributed by atoms with Gasteiger partial charge in [0.25, 0.3) is 0 Å². The molecular weight excluding hydrogens is 85.5 g/mol. The molecule has 0 amide bonds. The zero-order chi connectivity index (χ0) is 4.12. The van der Waals surface area contributed by atoms with E-state index in [4.69, 9.17) is 11.6 Å². The van der Waals surface area contributed by atoms with E-state index in [1.165, 1.54) is 0 Å². The first-order chi connectivity index (χ1) is 2.41. The van der Waals surface area contributed by atoms with Crippen molar-refractivity contribution in [2.75, 3.05) is 19.5 Å². The maximum atomic E-state index is 5.24. The molecule has 0 spiro atoms. The summed E-state index contributed by atoms with van der Waals surface area (Å²) in [6.07, 6.45) is 0. The van der Waals surface area contributed by atoms with Gasteiger partial charge < -0.3 is 5.32 Å². The molecule has 0 aliphatic rings. The largest absolute Gasteiger partial charge is 0.319 e. The van der Waals surface area contributed by atoms with Crippen LogP contribution in [0.4, 0.5) is 0 Å². The molecule has 0 aromatic carbocycles. The molecule has 0 saturated carbocycles. The van der Waals surface area contributed by atoms with Crippen molar-refractivity contribution in [2.45, 2.75) is 0 Å². The maximum Gasteiger partial charge on any atom is 0.0348 e. The molecule has 0 aromatic rings. The summed E-state index contributed by atoms with van der Waals surface area (Å²) in [4.78, 5) is 0. The number of hydrogen-bond acceptors (Lipinski definition) is 1. The quantitative estimate of drug-likeness (QED) is 0.489. The van der Waals surface area contributed by atoms with Gasteiger partial charge in [-0.2, -0.15) is 0 Å². The van der Waals surface area contributed by atoms with Gasteiger partial charge in [0, 0.05) is 12.4 Å². The van der Waals surface area contributed by atoms with Crippen LogP contribution in [0.15, 0.2) is 0 Å². The fraction of sp³-hybridized carbons (Fsp3) is 1.00. The lowest BCUT2D eigenvalue weighted by Gasteiger charge is -1.82. The first-order valence-electron chi connectivity index (χ1n) is 1.62. The summed E-state index contributed by atoms with van der Waals surface area (Å²) in [5.74, 6) is 0.705. The monoisotopic (exact) mass is 93.0 g/mol. The lowest BCUT2D eigenvalue weighted by atomic mass is 10.8.